The standard InChI is InChI=1S/C72H104O12/c1-64(2,3)48-32-44(33-49(60(48)77)65(4,5)6)24-28-56(73)80-40-72(41-81-57(74)29-25-45-34-50(66(7,8)9)61(78)51(35-45)67(10,11)12,42-82-58(75)30-26-46-36-52(68(13,14)15)62(79)53(37-46)69(16,17)18)43-83-59(76)31-27-47-38-54(70(19,20)21)63-55(39-47)71(22,23)84-63/h32-39,77-79H,24-31,40-43H2,1-23H3. The molecule has 0 fully saturated rings. The summed E-state index contributed by atoms with van der Waals surface area (Å²) in [5, 5.41) is 34.3. The van der Waals surface area contributed by atoms with Crippen molar-refractivity contribution in [2.75, 3.05) is 26.4 Å². The lowest BCUT2D eigenvalue weighted by molar-refractivity contribution is -0.170. The number of phenols is 3. The number of carbonyl (C=O) groups excluding carboxylic acids is 4. The van der Waals surface area contributed by atoms with Crippen molar-refractivity contribution in [3.8, 4) is 23.0 Å². The number of aryl methyl sites for hydroxylation is 4. The predicted molar refractivity (Wildman–Crippen MR) is 335 cm³/mol. The molecular weight excluding hydrogens is 1060 g/mol. The molecule has 0 atom stereocenters. The van der Waals surface area contributed by atoms with Gasteiger partial charge in [-0.25, -0.2) is 0 Å². The van der Waals surface area contributed by atoms with E-state index in [4.69, 9.17) is 23.7 Å². The molecule has 0 aliphatic carbocycles. The van der Waals surface area contributed by atoms with E-state index in [0.29, 0.717) is 6.42 Å². The lowest BCUT2D eigenvalue weighted by atomic mass is 9.78. The number of ether oxygens (including phenoxy) is 5. The van der Waals surface area contributed by atoms with Crippen molar-refractivity contribution in [3.05, 3.63) is 115 Å². The minimum absolute atomic E-state index is 0.00168. The van der Waals surface area contributed by atoms with Gasteiger partial charge in [-0.15, -0.1) is 0 Å². The first-order valence-electron chi connectivity index (χ1n) is 30.2. The number of rotatable bonds is 20. The number of phenolic OH excluding ortho intramolecular Hbond substituents is 3. The summed E-state index contributed by atoms with van der Waals surface area (Å²) < 4.78 is 30.6. The summed E-state index contributed by atoms with van der Waals surface area (Å²) in [7, 11) is 0. The van der Waals surface area contributed by atoms with Gasteiger partial charge in [-0.05, 0) is 139 Å². The summed E-state index contributed by atoms with van der Waals surface area (Å²) in [5.74, 6) is -0.735. The average molecular weight is 1160 g/mol. The summed E-state index contributed by atoms with van der Waals surface area (Å²) in [4.78, 5) is 56.3. The van der Waals surface area contributed by atoms with Gasteiger partial charge in [0.1, 0.15) is 60.4 Å². The number of esters is 4. The van der Waals surface area contributed by atoms with Crippen molar-refractivity contribution in [1.82, 2.24) is 0 Å². The van der Waals surface area contributed by atoms with Crippen molar-refractivity contribution in [2.45, 2.75) is 254 Å². The van der Waals surface area contributed by atoms with Gasteiger partial charge in [0.2, 0.25) is 0 Å². The molecule has 1 aliphatic heterocycles. The average Bonchev–Trinajstić information content (AvgIpc) is 1.67. The van der Waals surface area contributed by atoms with Crippen molar-refractivity contribution in [2.24, 2.45) is 5.41 Å². The van der Waals surface area contributed by atoms with Crippen LogP contribution in [0.1, 0.15) is 252 Å². The molecule has 84 heavy (non-hydrogen) atoms. The number of fused-ring (bicyclic) bond motifs is 1. The zero-order valence-electron chi connectivity index (χ0n) is 55.6. The Kier molecular flexibility index (Phi) is 20.6. The molecular formula is C72H104O12. The van der Waals surface area contributed by atoms with E-state index in [2.05, 4.69) is 32.9 Å². The number of hydrogen-bond donors (Lipinski definition) is 3. The summed E-state index contributed by atoms with van der Waals surface area (Å²) in [6, 6.07) is 15.7. The Morgan fingerprint density at radius 1 is 0.357 bits per heavy atom. The minimum Gasteiger partial charge on any atom is -0.507 e. The molecule has 0 spiro atoms. The number of aromatic hydroxyl groups is 3. The highest BCUT2D eigenvalue weighted by molar-refractivity contribution is 5.72. The Morgan fingerprint density at radius 2 is 0.560 bits per heavy atom. The Hall–Kier alpha value is -6.04. The molecule has 0 radical (unpaired) electrons. The van der Waals surface area contributed by atoms with E-state index in [-0.39, 0.29) is 100 Å². The van der Waals surface area contributed by atoms with Gasteiger partial charge in [-0.3, -0.25) is 19.2 Å². The van der Waals surface area contributed by atoms with Crippen LogP contribution in [0, 0.1) is 5.41 Å². The smallest absolute Gasteiger partial charge is 0.306 e. The maximum atomic E-state index is 14.1. The Balaban J connectivity index is 1.49. The molecule has 0 amide bonds. The van der Waals surface area contributed by atoms with Crippen LogP contribution in [0.4, 0.5) is 0 Å². The largest absolute Gasteiger partial charge is 0.507 e. The second-order valence-corrected chi connectivity index (χ2v) is 31.6. The van der Waals surface area contributed by atoms with E-state index in [0.717, 1.165) is 72.5 Å². The van der Waals surface area contributed by atoms with Crippen LogP contribution < -0.4 is 4.74 Å². The molecule has 12 nitrogen and oxygen atoms in total. The van der Waals surface area contributed by atoms with Crippen LogP contribution in [-0.2, 0) is 107 Å². The molecule has 3 N–H and O–H groups in total. The van der Waals surface area contributed by atoms with Crippen LogP contribution >= 0.6 is 0 Å². The van der Waals surface area contributed by atoms with E-state index in [1.807, 2.05) is 175 Å². The van der Waals surface area contributed by atoms with Crippen LogP contribution in [0.25, 0.3) is 0 Å². The maximum Gasteiger partial charge on any atom is 0.306 e. The summed E-state index contributed by atoms with van der Waals surface area (Å²) in [6.45, 7) is 45.2. The van der Waals surface area contributed by atoms with E-state index >= 15 is 0 Å². The Labute approximate surface area is 504 Å². The second kappa shape index (κ2) is 25.1. The van der Waals surface area contributed by atoms with E-state index in [1.165, 1.54) is 0 Å². The van der Waals surface area contributed by atoms with Gasteiger partial charge in [-0.1, -0.05) is 188 Å². The second-order valence-electron chi connectivity index (χ2n) is 31.6. The highest BCUT2D eigenvalue weighted by Gasteiger charge is 2.42. The molecule has 0 saturated carbocycles. The Bertz CT molecular complexity index is 2700. The maximum absolute atomic E-state index is 14.1. The van der Waals surface area contributed by atoms with Gasteiger partial charge in [0.25, 0.3) is 0 Å². The lowest BCUT2D eigenvalue weighted by Crippen LogP contribution is -2.44. The van der Waals surface area contributed by atoms with Crippen LogP contribution in [0.3, 0.4) is 0 Å². The molecule has 0 unspecified atom stereocenters. The fourth-order valence-electron chi connectivity index (χ4n) is 10.6. The van der Waals surface area contributed by atoms with Gasteiger partial charge in [0.15, 0.2) is 0 Å². The van der Waals surface area contributed by atoms with Gasteiger partial charge in [0.05, 0.1) is 0 Å². The summed E-state index contributed by atoms with van der Waals surface area (Å²) in [5.41, 5.74) is 5.59. The third-order valence-corrected chi connectivity index (χ3v) is 15.9. The zero-order valence-corrected chi connectivity index (χ0v) is 55.6. The summed E-state index contributed by atoms with van der Waals surface area (Å²) >= 11 is 0. The lowest BCUT2D eigenvalue weighted by Gasteiger charge is -2.42. The quantitative estimate of drug-likeness (QED) is 0.0565. The molecule has 4 aromatic carbocycles. The molecule has 464 valence electrons. The van der Waals surface area contributed by atoms with E-state index in [1.54, 1.807) is 0 Å². The van der Waals surface area contributed by atoms with Crippen LogP contribution in [0.2, 0.25) is 0 Å². The van der Waals surface area contributed by atoms with Crippen LogP contribution in [0.15, 0.2) is 48.5 Å². The Morgan fingerprint density at radius 3 is 0.762 bits per heavy atom. The van der Waals surface area contributed by atoms with Crippen molar-refractivity contribution in [3.63, 3.8) is 0 Å². The number of benzene rings is 4. The van der Waals surface area contributed by atoms with Crippen molar-refractivity contribution >= 4 is 23.9 Å². The number of hydrogen-bond acceptors (Lipinski definition) is 12. The SMILES string of the molecule is CC(C)(C)c1cc(CCC(=O)OCC(COC(=O)CCc2cc(C(C)(C)C)c(O)c(C(C)(C)C)c2)(COC(=O)CCc2cc(C(C)(C)C)c(O)c(C(C)(C)C)c2)COC(=O)CCc2cc(C(C)(C)C)c3c(c2)C(C)(C)O3)cc(C(C)(C)C)c1O. The first-order chi connectivity index (χ1) is 38.1. The van der Waals surface area contributed by atoms with Crippen LogP contribution in [0.5, 0.6) is 23.0 Å². The van der Waals surface area contributed by atoms with E-state index in [9.17, 15) is 34.5 Å². The molecule has 5 rings (SSSR count). The number of carbonyl (C=O) groups is 4. The van der Waals surface area contributed by atoms with E-state index < -0.39 is 61.3 Å². The van der Waals surface area contributed by atoms with Gasteiger partial charge in [-0.2, -0.15) is 0 Å². The third-order valence-electron chi connectivity index (χ3n) is 15.9. The molecule has 12 heteroatoms. The summed E-state index contributed by atoms with van der Waals surface area (Å²) in [6.07, 6.45) is 1.07. The predicted octanol–water partition coefficient (Wildman–Crippen LogP) is 15.5. The molecule has 4 aromatic rings. The monoisotopic (exact) mass is 1160 g/mol. The highest BCUT2D eigenvalue weighted by atomic mass is 16.6. The first kappa shape index (κ1) is 68.7. The molecule has 0 bridgehead atoms. The fourth-order valence-corrected chi connectivity index (χ4v) is 10.6. The molecule has 0 aromatic heterocycles. The van der Waals surface area contributed by atoms with Crippen LogP contribution in [-0.4, -0.2) is 65.6 Å². The zero-order chi connectivity index (χ0) is 63.7. The first-order valence-corrected chi connectivity index (χ1v) is 30.2. The highest BCUT2D eigenvalue weighted by Crippen LogP contribution is 2.50. The molecule has 1 aliphatic rings. The minimum atomic E-state index is -1.56. The van der Waals surface area contributed by atoms with Gasteiger partial charge < -0.3 is 39.0 Å². The van der Waals surface area contributed by atoms with Crippen molar-refractivity contribution < 1.29 is 58.2 Å². The molecule has 1 heterocycles. The van der Waals surface area contributed by atoms with Gasteiger partial charge in [0, 0.05) is 36.8 Å². The fraction of sp³-hybridized carbons (Fsp3) is 0.611. The third kappa shape index (κ3) is 17.8. The molecule has 0 saturated heterocycles. The topological polar surface area (TPSA) is 175 Å². The van der Waals surface area contributed by atoms with Crippen molar-refractivity contribution in [1.29, 1.82) is 0 Å². The van der Waals surface area contributed by atoms with Gasteiger partial charge >= 0.3 is 23.9 Å². The normalized spacial score (nSPS) is 14.0.